The van der Waals surface area contributed by atoms with E-state index in [-0.39, 0.29) is 17.4 Å². The summed E-state index contributed by atoms with van der Waals surface area (Å²) in [6.45, 7) is 5.29. The van der Waals surface area contributed by atoms with Crippen molar-refractivity contribution in [2.45, 2.75) is 52.1 Å². The number of carbonyl (C=O) groups is 1. The monoisotopic (exact) mass is 417 g/mol. The summed E-state index contributed by atoms with van der Waals surface area (Å²) >= 11 is 0. The lowest BCUT2D eigenvalue weighted by molar-refractivity contribution is -0.122. The summed E-state index contributed by atoms with van der Waals surface area (Å²) in [4.78, 5) is 12.8. The molecule has 1 N–H and O–H groups in total. The lowest BCUT2D eigenvalue weighted by Crippen LogP contribution is -2.37. The second-order valence-electron chi connectivity index (χ2n) is 9.17. The average molecular weight is 418 g/mol. The van der Waals surface area contributed by atoms with Crippen molar-refractivity contribution in [2.24, 2.45) is 5.41 Å². The number of nitrogens with one attached hydrogen (secondary N) is 1. The average Bonchev–Trinajstić information content (AvgIpc) is 3.14. The molecule has 1 atom stereocenters. The van der Waals surface area contributed by atoms with Gasteiger partial charge in [-0.05, 0) is 41.9 Å². The van der Waals surface area contributed by atoms with Crippen LogP contribution in [0.15, 0.2) is 60.8 Å². The number of aromatic nitrogens is 2. The third kappa shape index (κ3) is 4.98. The fourth-order valence-electron chi connectivity index (χ4n) is 4.54. The predicted molar refractivity (Wildman–Crippen MR) is 122 cm³/mol. The second-order valence-corrected chi connectivity index (χ2v) is 9.17. The van der Waals surface area contributed by atoms with Crippen molar-refractivity contribution in [1.29, 1.82) is 0 Å². The van der Waals surface area contributed by atoms with E-state index in [0.717, 1.165) is 36.3 Å². The lowest BCUT2D eigenvalue weighted by Gasteiger charge is -2.36. The molecule has 0 radical (unpaired) electrons. The highest BCUT2D eigenvalue weighted by Gasteiger charge is 2.35. The summed E-state index contributed by atoms with van der Waals surface area (Å²) in [6.07, 6.45) is 4.91. The molecule has 1 heterocycles. The van der Waals surface area contributed by atoms with E-state index in [2.05, 4.69) is 53.2 Å². The summed E-state index contributed by atoms with van der Waals surface area (Å²) in [7, 11) is 1.66. The molecular weight excluding hydrogens is 386 g/mol. The van der Waals surface area contributed by atoms with Crippen LogP contribution in [0.4, 0.5) is 0 Å². The van der Waals surface area contributed by atoms with Crippen LogP contribution in [0.3, 0.4) is 0 Å². The van der Waals surface area contributed by atoms with Crippen molar-refractivity contribution in [2.75, 3.05) is 7.11 Å². The number of hydrogen-bond donors (Lipinski definition) is 1. The fourth-order valence-corrected chi connectivity index (χ4v) is 4.54. The molecule has 1 aliphatic rings. The zero-order chi connectivity index (χ0) is 21.8. The van der Waals surface area contributed by atoms with Crippen LogP contribution in [0.25, 0.3) is 0 Å². The van der Waals surface area contributed by atoms with Gasteiger partial charge in [-0.15, -0.1) is 0 Å². The topological polar surface area (TPSA) is 56.1 Å². The number of benzene rings is 2. The zero-order valence-electron chi connectivity index (χ0n) is 18.6. The smallest absolute Gasteiger partial charge is 0.220 e. The molecular formula is C26H31N3O2. The third-order valence-corrected chi connectivity index (χ3v) is 6.08. The highest BCUT2D eigenvalue weighted by Crippen LogP contribution is 2.41. The van der Waals surface area contributed by atoms with Gasteiger partial charge in [-0.25, -0.2) is 0 Å². The number of hydrogen-bond acceptors (Lipinski definition) is 3. The molecule has 0 saturated carbocycles. The van der Waals surface area contributed by atoms with Crippen molar-refractivity contribution < 1.29 is 9.53 Å². The molecule has 1 amide bonds. The van der Waals surface area contributed by atoms with Gasteiger partial charge < -0.3 is 10.1 Å². The van der Waals surface area contributed by atoms with Gasteiger partial charge in [0.15, 0.2) is 0 Å². The van der Waals surface area contributed by atoms with Crippen LogP contribution in [-0.4, -0.2) is 22.8 Å². The van der Waals surface area contributed by atoms with Crippen LogP contribution in [0, 0.1) is 5.41 Å². The predicted octanol–water partition coefficient (Wildman–Crippen LogP) is 4.70. The maximum absolute atomic E-state index is 12.8. The quantitative estimate of drug-likeness (QED) is 0.606. The number of rotatable bonds is 7. The van der Waals surface area contributed by atoms with Gasteiger partial charge in [-0.1, -0.05) is 62.4 Å². The second kappa shape index (κ2) is 8.96. The SMILES string of the molecule is COc1ccccc1CCC(=O)N[C@H]1CC(C)(C)Cc2c1cnn2Cc1ccccc1. The molecule has 0 fully saturated rings. The minimum Gasteiger partial charge on any atom is -0.496 e. The first kappa shape index (κ1) is 21.2. The number of ether oxygens (including phenoxy) is 1. The molecule has 5 heteroatoms. The first-order valence-electron chi connectivity index (χ1n) is 10.9. The van der Waals surface area contributed by atoms with Crippen molar-refractivity contribution in [3.8, 4) is 5.75 Å². The number of para-hydroxylation sites is 1. The van der Waals surface area contributed by atoms with E-state index < -0.39 is 0 Å². The van der Waals surface area contributed by atoms with Crippen LogP contribution < -0.4 is 10.1 Å². The standard InChI is InChI=1S/C26H31N3O2/c1-26(2)15-22(28-25(30)14-13-20-11-7-8-12-24(20)31-3)21-17-27-29(23(21)16-26)18-19-9-5-4-6-10-19/h4-12,17,22H,13-16,18H2,1-3H3,(H,28,30)/t22-/m0/s1. The van der Waals surface area contributed by atoms with Gasteiger partial charge in [0.05, 0.1) is 25.9 Å². The van der Waals surface area contributed by atoms with Crippen LogP contribution in [0.5, 0.6) is 5.75 Å². The Balaban J connectivity index is 1.47. The van der Waals surface area contributed by atoms with Gasteiger partial charge in [0.25, 0.3) is 0 Å². The number of aryl methyl sites for hydroxylation is 1. The minimum atomic E-state index is -0.00607. The summed E-state index contributed by atoms with van der Waals surface area (Å²) in [6, 6.07) is 18.3. The molecule has 1 aromatic heterocycles. The largest absolute Gasteiger partial charge is 0.496 e. The highest BCUT2D eigenvalue weighted by molar-refractivity contribution is 5.77. The molecule has 0 unspecified atom stereocenters. The van der Waals surface area contributed by atoms with Crippen molar-refractivity contribution in [1.82, 2.24) is 15.1 Å². The summed E-state index contributed by atoms with van der Waals surface area (Å²) in [5, 5.41) is 7.96. The number of amides is 1. The molecule has 2 aromatic carbocycles. The van der Waals surface area contributed by atoms with E-state index in [0.29, 0.717) is 12.8 Å². The maximum Gasteiger partial charge on any atom is 0.220 e. The summed E-state index contributed by atoms with van der Waals surface area (Å²) in [5.41, 5.74) is 4.77. The maximum atomic E-state index is 12.8. The lowest BCUT2D eigenvalue weighted by atomic mass is 9.74. The fraction of sp³-hybridized carbons (Fsp3) is 0.385. The van der Waals surface area contributed by atoms with Gasteiger partial charge in [0.1, 0.15) is 5.75 Å². The Morgan fingerprint density at radius 1 is 1.16 bits per heavy atom. The van der Waals surface area contributed by atoms with Gasteiger partial charge in [0.2, 0.25) is 5.91 Å². The Kier molecular flexibility index (Phi) is 6.12. The highest BCUT2D eigenvalue weighted by atomic mass is 16.5. The zero-order valence-corrected chi connectivity index (χ0v) is 18.6. The molecule has 31 heavy (non-hydrogen) atoms. The van der Waals surface area contributed by atoms with Gasteiger partial charge in [-0.3, -0.25) is 9.48 Å². The summed E-state index contributed by atoms with van der Waals surface area (Å²) < 4.78 is 7.51. The first-order chi connectivity index (χ1) is 14.9. The molecule has 3 aromatic rings. The van der Waals surface area contributed by atoms with E-state index in [9.17, 15) is 4.79 Å². The van der Waals surface area contributed by atoms with Crippen LogP contribution in [-0.2, 0) is 24.2 Å². The summed E-state index contributed by atoms with van der Waals surface area (Å²) in [5.74, 6) is 0.897. The Morgan fingerprint density at radius 3 is 2.68 bits per heavy atom. The number of nitrogens with zero attached hydrogens (tertiary/aromatic N) is 2. The molecule has 1 aliphatic carbocycles. The number of fused-ring (bicyclic) bond motifs is 1. The number of methoxy groups -OCH3 is 1. The molecule has 0 spiro atoms. The molecule has 0 saturated heterocycles. The van der Waals surface area contributed by atoms with Crippen molar-refractivity contribution in [3.63, 3.8) is 0 Å². The van der Waals surface area contributed by atoms with E-state index >= 15 is 0 Å². The van der Waals surface area contributed by atoms with Crippen molar-refractivity contribution >= 4 is 5.91 Å². The Bertz CT molecular complexity index is 1040. The minimum absolute atomic E-state index is 0.00607. The Morgan fingerprint density at radius 2 is 1.90 bits per heavy atom. The molecule has 4 rings (SSSR count). The molecule has 0 aliphatic heterocycles. The van der Waals surface area contributed by atoms with Crippen molar-refractivity contribution in [3.05, 3.63) is 83.2 Å². The molecule has 162 valence electrons. The molecule has 0 bridgehead atoms. The van der Waals surface area contributed by atoms with E-state index in [1.54, 1.807) is 7.11 Å². The van der Waals surface area contributed by atoms with Gasteiger partial charge in [-0.2, -0.15) is 5.10 Å². The Hall–Kier alpha value is -3.08. The van der Waals surface area contributed by atoms with Crippen LogP contribution >= 0.6 is 0 Å². The van der Waals surface area contributed by atoms with Crippen LogP contribution in [0.1, 0.15) is 55.1 Å². The third-order valence-electron chi connectivity index (χ3n) is 6.08. The van der Waals surface area contributed by atoms with E-state index in [1.807, 2.05) is 36.5 Å². The normalized spacial score (nSPS) is 17.1. The molecule has 5 nitrogen and oxygen atoms in total. The van der Waals surface area contributed by atoms with Crippen LogP contribution in [0.2, 0.25) is 0 Å². The Labute approximate surface area is 184 Å². The van der Waals surface area contributed by atoms with Gasteiger partial charge in [0, 0.05) is 17.7 Å². The number of carbonyl (C=O) groups excluding carboxylic acids is 1. The van der Waals surface area contributed by atoms with E-state index in [4.69, 9.17) is 4.74 Å². The van der Waals surface area contributed by atoms with E-state index in [1.165, 1.54) is 11.3 Å². The first-order valence-corrected chi connectivity index (χ1v) is 10.9. The van der Waals surface area contributed by atoms with Gasteiger partial charge >= 0.3 is 0 Å².